The van der Waals surface area contributed by atoms with Gasteiger partial charge in [-0.05, 0) is 50.3 Å². The third kappa shape index (κ3) is 5.27. The van der Waals surface area contributed by atoms with E-state index in [1.165, 1.54) is 22.9 Å². The van der Waals surface area contributed by atoms with E-state index in [-0.39, 0.29) is 33.9 Å². The quantitative estimate of drug-likeness (QED) is 0.309. The van der Waals surface area contributed by atoms with E-state index < -0.39 is 38.5 Å². The van der Waals surface area contributed by atoms with Crippen LogP contribution < -0.4 is 15.7 Å². The summed E-state index contributed by atoms with van der Waals surface area (Å²) in [4.78, 5) is 34.8. The molecule has 2 N–H and O–H groups in total. The summed E-state index contributed by atoms with van der Waals surface area (Å²) < 4.78 is 66.3. The number of carbonyl (C=O) groups excluding carboxylic acids is 1. The number of carbonyl (C=O) groups is 1. The first-order valence-electron chi connectivity index (χ1n) is 11.0. The van der Waals surface area contributed by atoms with E-state index >= 15 is 0 Å². The molecule has 1 unspecified atom stereocenters. The molecule has 0 fully saturated rings. The molecule has 0 bridgehead atoms. The van der Waals surface area contributed by atoms with E-state index in [1.807, 2.05) is 6.92 Å². The van der Waals surface area contributed by atoms with Crippen molar-refractivity contribution in [3.8, 4) is 0 Å². The maximum atomic E-state index is 13.1. The molecule has 0 aliphatic heterocycles. The van der Waals surface area contributed by atoms with Crippen LogP contribution in [0.15, 0.2) is 58.6 Å². The van der Waals surface area contributed by atoms with Gasteiger partial charge in [-0.1, -0.05) is 17.7 Å². The third-order valence-electron chi connectivity index (χ3n) is 5.54. The molecule has 202 valence electrons. The highest BCUT2D eigenvalue weighted by molar-refractivity contribution is 7.90. The summed E-state index contributed by atoms with van der Waals surface area (Å²) >= 11 is 5.15. The molecule has 16 heteroatoms. The third-order valence-corrected chi connectivity index (χ3v) is 7.67. The molecule has 0 spiro atoms. The number of rotatable bonds is 8. The zero-order valence-electron chi connectivity index (χ0n) is 19.9. The number of nitrogens with one attached hydrogen (secondary N) is 2. The van der Waals surface area contributed by atoms with Crippen molar-refractivity contribution < 1.29 is 31.2 Å². The minimum absolute atomic E-state index is 0.0184. The van der Waals surface area contributed by atoms with Crippen LogP contribution in [0.1, 0.15) is 18.2 Å². The summed E-state index contributed by atoms with van der Waals surface area (Å²) in [5.41, 5.74) is 0.0412. The predicted octanol–water partition coefficient (Wildman–Crippen LogP) is 2.30. The second-order valence-corrected chi connectivity index (χ2v) is 10.5. The largest absolute Gasteiger partial charge is 0.493 e. The molecule has 0 amide bonds. The first-order valence-corrected chi connectivity index (χ1v) is 12.9. The predicted molar refractivity (Wildman–Crippen MR) is 131 cm³/mol. The second-order valence-electron chi connectivity index (χ2n) is 8.37. The van der Waals surface area contributed by atoms with Crippen molar-refractivity contribution in [2.45, 2.75) is 44.1 Å². The minimum Gasteiger partial charge on any atom is -0.339 e. The van der Waals surface area contributed by atoms with E-state index in [1.54, 1.807) is 31.2 Å². The average Bonchev–Trinajstić information content (AvgIpc) is 3.53. The summed E-state index contributed by atoms with van der Waals surface area (Å²) in [5.74, 6) is -2.61. The number of nitrogens with zero attached hydrogens (tertiary/aromatic N) is 4. The van der Waals surface area contributed by atoms with Crippen LogP contribution in [0.5, 0.6) is 0 Å². The first kappa shape index (κ1) is 27.3. The molecule has 0 saturated heterocycles. The Morgan fingerprint density at radius 2 is 1.92 bits per heavy atom. The molecule has 1 atom stereocenters. The van der Waals surface area contributed by atoms with Gasteiger partial charge in [-0.2, -0.15) is 13.2 Å². The fourth-order valence-electron chi connectivity index (χ4n) is 3.63. The number of aryl methyl sites for hydroxylation is 1. The number of imidazole rings is 1. The molecular weight excluding hydrogens is 549 g/mol. The number of aromatic nitrogens is 5. The maximum absolute atomic E-state index is 13.1. The number of H-pyrrole nitrogens is 1. The topological polar surface area (TPSA) is 133 Å². The van der Waals surface area contributed by atoms with Gasteiger partial charge in [0.2, 0.25) is 4.77 Å². The Kier molecular flexibility index (Phi) is 7.31. The number of alkyl halides is 3. The summed E-state index contributed by atoms with van der Waals surface area (Å²) in [6.45, 7) is 3.63. The number of benzene rings is 1. The second kappa shape index (κ2) is 10.2. The fourth-order valence-corrected chi connectivity index (χ4v) is 5.28. The lowest BCUT2D eigenvalue weighted by atomic mass is 10.2. The van der Waals surface area contributed by atoms with Gasteiger partial charge in [0, 0.05) is 31.0 Å². The van der Waals surface area contributed by atoms with E-state index in [0.717, 1.165) is 15.9 Å². The summed E-state index contributed by atoms with van der Waals surface area (Å²) in [5, 5.41) is 3.12. The van der Waals surface area contributed by atoms with Gasteiger partial charge in [0.25, 0.3) is 10.0 Å². The highest BCUT2D eigenvalue weighted by atomic mass is 32.2. The molecule has 0 saturated carbocycles. The highest BCUT2D eigenvalue weighted by Gasteiger charge is 2.42. The van der Waals surface area contributed by atoms with Crippen molar-refractivity contribution >= 4 is 39.4 Å². The molecule has 4 rings (SSSR count). The highest BCUT2D eigenvalue weighted by Crippen LogP contribution is 2.18. The van der Waals surface area contributed by atoms with Crippen molar-refractivity contribution in [3.63, 3.8) is 0 Å². The molecule has 38 heavy (non-hydrogen) atoms. The molecule has 3 heterocycles. The van der Waals surface area contributed by atoms with Gasteiger partial charge in [0.1, 0.15) is 0 Å². The lowest BCUT2D eigenvalue weighted by Gasteiger charge is -2.19. The van der Waals surface area contributed by atoms with Gasteiger partial charge in [-0.3, -0.25) is 9.36 Å². The van der Waals surface area contributed by atoms with Gasteiger partial charge >= 0.3 is 17.7 Å². The van der Waals surface area contributed by atoms with Gasteiger partial charge in [0.15, 0.2) is 11.2 Å². The van der Waals surface area contributed by atoms with Gasteiger partial charge in [0.05, 0.1) is 11.2 Å². The normalized spacial score (nSPS) is 13.1. The van der Waals surface area contributed by atoms with Crippen LogP contribution in [0.4, 0.5) is 13.2 Å². The maximum Gasteiger partial charge on any atom is 0.493 e. The van der Waals surface area contributed by atoms with Crippen LogP contribution in [-0.2, 0) is 27.9 Å². The van der Waals surface area contributed by atoms with Crippen molar-refractivity contribution in [3.05, 3.63) is 75.3 Å². The molecule has 0 aliphatic rings. The zero-order chi connectivity index (χ0) is 27.8. The average molecular weight is 571 g/mol. The Balaban J connectivity index is 1.57. The smallest absolute Gasteiger partial charge is 0.339 e. The Morgan fingerprint density at radius 1 is 1.24 bits per heavy atom. The van der Waals surface area contributed by atoms with E-state index in [9.17, 15) is 31.2 Å². The molecule has 3 aromatic heterocycles. The summed E-state index contributed by atoms with van der Waals surface area (Å²) in [6, 6.07) is 9.17. The van der Waals surface area contributed by atoms with E-state index in [0.29, 0.717) is 5.69 Å². The Bertz CT molecular complexity index is 1720. The first-order chi connectivity index (χ1) is 17.8. The summed E-state index contributed by atoms with van der Waals surface area (Å²) in [6.07, 6.45) is -2.78. The number of halogens is 3. The molecular formula is C22H21F3N6O5S2. The fraction of sp³-hybridized carbons (Fsp3) is 0.273. The van der Waals surface area contributed by atoms with Crippen molar-refractivity contribution in [2.24, 2.45) is 0 Å². The van der Waals surface area contributed by atoms with Crippen LogP contribution in [0.25, 0.3) is 11.2 Å². The standard InChI is InChI=1S/C22H21F3N6O5S2/c1-13-5-7-16(8-6-13)38(34,35)30-9-3-4-15(30)10-26-14(2)11-29-18-17(27-12-28-18)19(32)31(21(29)37)36-20(33)22(23,24)25/h3-9,12,14,26H,10-11H2,1-2H3,(H,27,28). The van der Waals surface area contributed by atoms with Crippen LogP contribution in [0.3, 0.4) is 0 Å². The van der Waals surface area contributed by atoms with Crippen LogP contribution in [0.2, 0.25) is 0 Å². The lowest BCUT2D eigenvalue weighted by molar-refractivity contribution is -0.200. The van der Waals surface area contributed by atoms with Crippen LogP contribution >= 0.6 is 12.2 Å². The Labute approximate surface area is 218 Å². The Hall–Kier alpha value is -3.76. The molecule has 4 aromatic rings. The number of aromatic amines is 1. The van der Waals surface area contributed by atoms with Crippen LogP contribution in [-0.4, -0.2) is 49.8 Å². The van der Waals surface area contributed by atoms with Gasteiger partial charge in [-0.25, -0.2) is 22.2 Å². The van der Waals surface area contributed by atoms with E-state index in [2.05, 4.69) is 20.1 Å². The summed E-state index contributed by atoms with van der Waals surface area (Å²) in [7, 11) is -3.85. The van der Waals surface area contributed by atoms with Crippen LogP contribution in [0, 0.1) is 11.7 Å². The lowest BCUT2D eigenvalue weighted by Crippen LogP contribution is -2.41. The minimum atomic E-state index is -5.35. The SMILES string of the molecule is Cc1ccc(S(=O)(=O)n2cccc2CNC(C)Cn2c(=S)n(OC(=O)C(F)(F)F)c(=O)c3[nH]cnc32)cc1. The molecule has 11 nitrogen and oxygen atoms in total. The zero-order valence-corrected chi connectivity index (χ0v) is 21.5. The molecule has 0 radical (unpaired) electrons. The van der Waals surface area contributed by atoms with Crippen molar-refractivity contribution in [1.29, 1.82) is 0 Å². The van der Waals surface area contributed by atoms with Crippen molar-refractivity contribution in [2.75, 3.05) is 0 Å². The van der Waals surface area contributed by atoms with Crippen molar-refractivity contribution in [1.82, 2.24) is 28.6 Å². The number of hydrogen-bond donors (Lipinski definition) is 2. The Morgan fingerprint density at radius 3 is 2.58 bits per heavy atom. The van der Waals surface area contributed by atoms with Gasteiger partial charge in [-0.15, -0.1) is 4.73 Å². The number of fused-ring (bicyclic) bond motifs is 1. The molecule has 0 aliphatic carbocycles. The number of hydrogen-bond acceptors (Lipinski definition) is 8. The molecule has 1 aromatic carbocycles. The monoisotopic (exact) mass is 570 g/mol. The van der Waals surface area contributed by atoms with Gasteiger partial charge < -0.3 is 15.1 Å². The van der Waals surface area contributed by atoms with E-state index in [4.69, 9.17) is 12.2 Å².